The van der Waals surface area contributed by atoms with Gasteiger partial charge in [-0.3, -0.25) is 0 Å². The van der Waals surface area contributed by atoms with Gasteiger partial charge in [0.25, 0.3) is 0 Å². The Morgan fingerprint density at radius 1 is 2.00 bits per heavy atom. The molecule has 22 valence electrons. The maximum absolute atomic E-state index is 9.08. The van der Waals surface area contributed by atoms with Gasteiger partial charge >= 0.3 is 33.0 Å². The molecular weight excluding hydrogens is 114 g/mol. The number of carboxylic acid groups (broad SMARTS) is 1. The predicted octanol–water partition coefficient (Wildman–Crippen LogP) is -0.703. The van der Waals surface area contributed by atoms with Crippen LogP contribution in [-0.4, -0.2) is 28.2 Å². The van der Waals surface area contributed by atoms with Crippen molar-refractivity contribution in [1.29, 1.82) is 0 Å². The van der Waals surface area contributed by atoms with E-state index in [1.54, 1.807) is 0 Å². The molecular formula is CH3GaO2. The Hall–Kier alpha value is 0.106. The zero-order valence-electron chi connectivity index (χ0n) is 2.36. The summed E-state index contributed by atoms with van der Waals surface area (Å²) in [5.41, 5.74) is 0. The Labute approximate surface area is 33.7 Å². The first kappa shape index (κ1) is 4.11. The van der Waals surface area contributed by atoms with Gasteiger partial charge in [0, 0.05) is 0 Å². The second-order valence-corrected chi connectivity index (χ2v) is 2.31. The zero-order chi connectivity index (χ0) is 3.58. The van der Waals surface area contributed by atoms with E-state index in [0.717, 1.165) is 0 Å². The first-order chi connectivity index (χ1) is 1.73. The van der Waals surface area contributed by atoms with Crippen LogP contribution < -0.4 is 0 Å². The third kappa shape index (κ3) is 228. The molecule has 0 aliphatic heterocycles. The van der Waals surface area contributed by atoms with E-state index < -0.39 is 4.52 Å². The Balaban J connectivity index is 2.80. The Bertz CT molecular complexity index is 29.0. The van der Waals surface area contributed by atoms with Crippen LogP contribution in [0.3, 0.4) is 0 Å². The number of rotatable bonds is 0. The quantitative estimate of drug-likeness (QED) is 0.425. The van der Waals surface area contributed by atoms with Crippen molar-refractivity contribution >= 4 is 23.1 Å². The molecule has 0 amide bonds. The molecule has 0 heterocycles. The minimum atomic E-state index is -0.646. The molecule has 0 fully saturated rings. The molecule has 0 aromatic carbocycles. The van der Waals surface area contributed by atoms with Gasteiger partial charge in [0.1, 0.15) is 0 Å². The molecule has 0 bridgehead atoms. The van der Waals surface area contributed by atoms with E-state index in [-0.39, 0.29) is 18.6 Å². The van der Waals surface area contributed by atoms with E-state index in [9.17, 15) is 0 Å². The fourth-order valence-electron chi connectivity index (χ4n) is 0. The predicted molar refractivity (Wildman–Crippen MR) is 16.6 cm³/mol. The summed E-state index contributed by atoms with van der Waals surface area (Å²) in [6, 6.07) is 0. The van der Waals surface area contributed by atoms with Crippen molar-refractivity contribution in [1.82, 2.24) is 0 Å². The average Bonchev–Trinajstić information content (AvgIpc) is 0.811. The van der Waals surface area contributed by atoms with Crippen molar-refractivity contribution in [2.45, 2.75) is 0 Å². The van der Waals surface area contributed by atoms with Crippen LogP contribution in [-0.2, 0) is 0 Å². The summed E-state index contributed by atoms with van der Waals surface area (Å²) in [5, 5.41) is 7.50. The van der Waals surface area contributed by atoms with Crippen LogP contribution in [0.1, 0.15) is 0 Å². The Kier molecular flexibility index (Phi) is 1.47. The van der Waals surface area contributed by atoms with E-state index >= 15 is 0 Å². The number of hydrogen-bond donors (Lipinski definition) is 1. The topological polar surface area (TPSA) is 37.3 Å². The molecule has 0 unspecified atom stereocenters. The van der Waals surface area contributed by atoms with Gasteiger partial charge in [0.2, 0.25) is 0 Å². The second kappa shape index (κ2) is 1.43. The summed E-state index contributed by atoms with van der Waals surface area (Å²) in [6.07, 6.45) is 0. The standard InChI is InChI=1S/CHO2.Ga.2H/c2-1-3;;;/h(H,2,3);;;. The van der Waals surface area contributed by atoms with Crippen molar-refractivity contribution in [3.8, 4) is 0 Å². The number of carbonyl (C=O) groups is 1. The van der Waals surface area contributed by atoms with Crippen LogP contribution in [0.2, 0.25) is 0 Å². The summed E-state index contributed by atoms with van der Waals surface area (Å²) in [7, 11) is 0. The van der Waals surface area contributed by atoms with Crippen LogP contribution >= 0.6 is 0 Å². The summed E-state index contributed by atoms with van der Waals surface area (Å²) in [5.74, 6) is 0. The summed E-state index contributed by atoms with van der Waals surface area (Å²) in [6.45, 7) is 0. The van der Waals surface area contributed by atoms with Crippen molar-refractivity contribution in [2.75, 3.05) is 0 Å². The zero-order valence-corrected chi connectivity index (χ0v) is 6.55. The molecule has 0 atom stereocenters. The number of hydrogen-bond acceptors (Lipinski definition) is 1. The van der Waals surface area contributed by atoms with Crippen molar-refractivity contribution in [2.24, 2.45) is 0 Å². The van der Waals surface area contributed by atoms with Gasteiger partial charge in [-0.15, -0.1) is 0 Å². The van der Waals surface area contributed by atoms with Crippen molar-refractivity contribution < 1.29 is 9.90 Å². The SMILES string of the molecule is O=[C](O)[GaH2]. The third-order valence-electron chi connectivity index (χ3n) is 0. The summed E-state index contributed by atoms with van der Waals surface area (Å²) >= 11 is -0.0208. The fourth-order valence-corrected chi connectivity index (χ4v) is 0. The molecule has 0 aliphatic carbocycles. The van der Waals surface area contributed by atoms with Gasteiger partial charge < -0.3 is 0 Å². The van der Waals surface area contributed by atoms with Gasteiger partial charge in [0.05, 0.1) is 0 Å². The molecule has 0 aromatic heterocycles. The normalized spacial score (nSPS) is 6.00. The van der Waals surface area contributed by atoms with Gasteiger partial charge in [-0.2, -0.15) is 0 Å². The van der Waals surface area contributed by atoms with E-state index in [4.69, 9.17) is 9.90 Å². The first-order valence-electron chi connectivity index (χ1n) is 0.928. The van der Waals surface area contributed by atoms with Crippen molar-refractivity contribution in [3.05, 3.63) is 0 Å². The van der Waals surface area contributed by atoms with E-state index in [1.807, 2.05) is 0 Å². The molecule has 0 rings (SSSR count). The van der Waals surface area contributed by atoms with Crippen LogP contribution in [0.15, 0.2) is 0 Å². The maximum atomic E-state index is 9.08. The summed E-state index contributed by atoms with van der Waals surface area (Å²) in [4.78, 5) is 9.08. The molecule has 0 saturated heterocycles. The van der Waals surface area contributed by atoms with Crippen LogP contribution in [0, 0.1) is 0 Å². The monoisotopic (exact) mass is 116 g/mol. The fraction of sp³-hybridized carbons (Fsp3) is 0. The summed E-state index contributed by atoms with van der Waals surface area (Å²) < 4.78 is -0.646. The molecule has 0 aliphatic rings. The van der Waals surface area contributed by atoms with Crippen LogP contribution in [0.5, 0.6) is 0 Å². The van der Waals surface area contributed by atoms with Crippen molar-refractivity contribution in [3.63, 3.8) is 0 Å². The first-order valence-corrected chi connectivity index (χ1v) is 3.03. The molecule has 3 heteroatoms. The molecule has 0 aromatic rings. The van der Waals surface area contributed by atoms with E-state index in [1.165, 1.54) is 0 Å². The average molecular weight is 117 g/mol. The third-order valence-corrected chi connectivity index (χ3v) is 0. The van der Waals surface area contributed by atoms with Gasteiger partial charge in [-0.05, 0) is 0 Å². The van der Waals surface area contributed by atoms with E-state index in [2.05, 4.69) is 0 Å². The molecule has 0 saturated carbocycles. The Morgan fingerprint density at radius 3 is 2.00 bits per heavy atom. The van der Waals surface area contributed by atoms with E-state index in [0.29, 0.717) is 0 Å². The molecule has 0 spiro atoms. The Morgan fingerprint density at radius 2 is 2.00 bits per heavy atom. The van der Waals surface area contributed by atoms with Gasteiger partial charge in [-0.25, -0.2) is 0 Å². The minimum absolute atomic E-state index is 0.0208. The second-order valence-electron chi connectivity index (χ2n) is 0.519. The van der Waals surface area contributed by atoms with Crippen LogP contribution in [0.25, 0.3) is 0 Å². The van der Waals surface area contributed by atoms with Crippen LogP contribution in [0.4, 0.5) is 4.79 Å². The molecule has 4 heavy (non-hydrogen) atoms. The van der Waals surface area contributed by atoms with Gasteiger partial charge in [-0.1, -0.05) is 0 Å². The van der Waals surface area contributed by atoms with Gasteiger partial charge in [0.15, 0.2) is 0 Å². The molecule has 2 nitrogen and oxygen atoms in total. The molecule has 0 radical (unpaired) electrons. The molecule has 1 N–H and O–H groups in total.